The summed E-state index contributed by atoms with van der Waals surface area (Å²) in [5.41, 5.74) is 8.62. The van der Waals surface area contributed by atoms with E-state index in [2.05, 4.69) is 4.98 Å². The highest BCUT2D eigenvalue weighted by atomic mass is 32.1. The quantitative estimate of drug-likeness (QED) is 0.688. The predicted molar refractivity (Wildman–Crippen MR) is 95.0 cm³/mol. The maximum absolute atomic E-state index is 13.8. The number of halogens is 2. The van der Waals surface area contributed by atoms with Gasteiger partial charge in [-0.15, -0.1) is 11.3 Å². The molecule has 1 aromatic carbocycles. The van der Waals surface area contributed by atoms with Crippen molar-refractivity contribution in [3.8, 4) is 5.75 Å². The topological polar surface area (TPSA) is 78.3 Å². The van der Waals surface area contributed by atoms with Crippen molar-refractivity contribution < 1.29 is 22.7 Å². The number of furan rings is 1. The van der Waals surface area contributed by atoms with Crippen molar-refractivity contribution in [3.05, 3.63) is 45.1 Å². The van der Waals surface area contributed by atoms with Crippen LogP contribution in [0.15, 0.2) is 22.1 Å². The molecule has 0 saturated heterocycles. The SMILES string of the molecule is Cc1ncsc1COc1ccc2oc(C)c(C(N)=O)c2c1CC(C)(F)F. The Morgan fingerprint density at radius 3 is 2.69 bits per heavy atom. The summed E-state index contributed by atoms with van der Waals surface area (Å²) in [7, 11) is 0. The van der Waals surface area contributed by atoms with Gasteiger partial charge in [0.05, 0.1) is 21.6 Å². The molecule has 0 aliphatic carbocycles. The van der Waals surface area contributed by atoms with Gasteiger partial charge in [-0.2, -0.15) is 0 Å². The molecule has 5 nitrogen and oxygen atoms in total. The molecule has 0 atom stereocenters. The van der Waals surface area contributed by atoms with Crippen molar-refractivity contribution in [1.82, 2.24) is 4.98 Å². The molecule has 3 aromatic rings. The molecule has 138 valence electrons. The number of aryl methyl sites for hydroxylation is 2. The molecule has 0 saturated carbocycles. The lowest BCUT2D eigenvalue weighted by atomic mass is 9.98. The first-order valence-corrected chi connectivity index (χ1v) is 8.79. The standard InChI is InChI=1S/C18H18F2N2O3S/c1-9-14(26-8-22-9)7-24-12-4-5-13-16(11(12)6-18(3,19)20)15(17(21)23)10(2)25-13/h4-5,8H,6-7H2,1-3H3,(H2,21,23). The number of aromatic nitrogens is 1. The number of alkyl halides is 2. The molecule has 2 heterocycles. The number of thiazole rings is 1. The molecule has 26 heavy (non-hydrogen) atoms. The summed E-state index contributed by atoms with van der Waals surface area (Å²) in [6, 6.07) is 3.18. The summed E-state index contributed by atoms with van der Waals surface area (Å²) in [5.74, 6) is -3.15. The lowest BCUT2D eigenvalue weighted by Gasteiger charge is -2.16. The van der Waals surface area contributed by atoms with Crippen molar-refractivity contribution in [2.45, 2.75) is 39.7 Å². The molecule has 2 N–H and O–H groups in total. The van der Waals surface area contributed by atoms with Gasteiger partial charge in [0, 0.05) is 17.4 Å². The molecule has 0 aliphatic rings. The molecule has 0 bridgehead atoms. The molecule has 0 aliphatic heterocycles. The van der Waals surface area contributed by atoms with Gasteiger partial charge in [0.15, 0.2) is 0 Å². The van der Waals surface area contributed by atoms with Crippen LogP contribution in [0.2, 0.25) is 0 Å². The van der Waals surface area contributed by atoms with Gasteiger partial charge >= 0.3 is 0 Å². The van der Waals surface area contributed by atoms with E-state index in [-0.39, 0.29) is 28.9 Å². The van der Waals surface area contributed by atoms with Crippen LogP contribution in [0, 0.1) is 13.8 Å². The second kappa shape index (κ2) is 6.68. The molecule has 3 rings (SSSR count). The first-order valence-electron chi connectivity index (χ1n) is 7.91. The number of carbonyl (C=O) groups is 1. The van der Waals surface area contributed by atoms with E-state index >= 15 is 0 Å². The highest BCUT2D eigenvalue weighted by molar-refractivity contribution is 7.09. The Morgan fingerprint density at radius 2 is 2.12 bits per heavy atom. The summed E-state index contributed by atoms with van der Waals surface area (Å²) in [6.45, 7) is 4.45. The maximum atomic E-state index is 13.8. The zero-order valence-electron chi connectivity index (χ0n) is 14.6. The van der Waals surface area contributed by atoms with Gasteiger partial charge in [-0.1, -0.05) is 0 Å². The minimum atomic E-state index is -2.99. The fourth-order valence-electron chi connectivity index (χ4n) is 2.88. The summed E-state index contributed by atoms with van der Waals surface area (Å²) in [4.78, 5) is 16.9. The first-order chi connectivity index (χ1) is 12.2. The summed E-state index contributed by atoms with van der Waals surface area (Å²) in [6.07, 6.45) is -0.597. The fourth-order valence-corrected chi connectivity index (χ4v) is 3.57. The lowest BCUT2D eigenvalue weighted by molar-refractivity contribution is 0.0222. The van der Waals surface area contributed by atoms with Crippen LogP contribution < -0.4 is 10.5 Å². The van der Waals surface area contributed by atoms with Crippen LogP contribution in [0.5, 0.6) is 5.75 Å². The Bertz CT molecular complexity index is 973. The maximum Gasteiger partial charge on any atom is 0.252 e. The average molecular weight is 380 g/mol. The van der Waals surface area contributed by atoms with Crippen LogP contribution in [-0.4, -0.2) is 16.8 Å². The number of hydrogen-bond acceptors (Lipinski definition) is 5. The minimum absolute atomic E-state index is 0.110. The van der Waals surface area contributed by atoms with Crippen molar-refractivity contribution in [2.75, 3.05) is 0 Å². The number of benzene rings is 1. The number of primary amides is 1. The largest absolute Gasteiger partial charge is 0.488 e. The molecule has 1 amide bonds. The highest BCUT2D eigenvalue weighted by Gasteiger charge is 2.29. The van der Waals surface area contributed by atoms with Crippen LogP contribution in [-0.2, 0) is 13.0 Å². The van der Waals surface area contributed by atoms with Crippen molar-refractivity contribution in [2.24, 2.45) is 5.73 Å². The van der Waals surface area contributed by atoms with E-state index in [1.165, 1.54) is 11.3 Å². The highest BCUT2D eigenvalue weighted by Crippen LogP contribution is 2.37. The number of ether oxygens (including phenoxy) is 1. The van der Waals surface area contributed by atoms with E-state index in [4.69, 9.17) is 14.9 Å². The molecule has 2 aromatic heterocycles. The van der Waals surface area contributed by atoms with Gasteiger partial charge in [-0.3, -0.25) is 4.79 Å². The van der Waals surface area contributed by atoms with E-state index in [9.17, 15) is 13.6 Å². The Morgan fingerprint density at radius 1 is 1.38 bits per heavy atom. The molecule has 8 heteroatoms. The summed E-state index contributed by atoms with van der Waals surface area (Å²) in [5, 5.41) is 0.287. The van der Waals surface area contributed by atoms with Crippen molar-refractivity contribution in [3.63, 3.8) is 0 Å². The second-order valence-corrected chi connectivity index (χ2v) is 7.15. The number of nitrogens with zero attached hydrogens (tertiary/aromatic N) is 1. The number of fused-ring (bicyclic) bond motifs is 1. The lowest BCUT2D eigenvalue weighted by Crippen LogP contribution is -2.17. The van der Waals surface area contributed by atoms with Crippen LogP contribution in [0.3, 0.4) is 0 Å². The van der Waals surface area contributed by atoms with Crippen molar-refractivity contribution >= 4 is 28.2 Å². The third-order valence-electron chi connectivity index (χ3n) is 4.03. The number of hydrogen-bond donors (Lipinski definition) is 1. The normalized spacial score (nSPS) is 11.9. The van der Waals surface area contributed by atoms with E-state index in [1.54, 1.807) is 24.6 Å². The number of carbonyl (C=O) groups excluding carboxylic acids is 1. The Hall–Kier alpha value is -2.48. The number of rotatable bonds is 6. The summed E-state index contributed by atoms with van der Waals surface area (Å²) >= 11 is 1.43. The number of amides is 1. The van der Waals surface area contributed by atoms with Crippen LogP contribution in [0.1, 0.15) is 39.2 Å². The van der Waals surface area contributed by atoms with Crippen molar-refractivity contribution in [1.29, 1.82) is 0 Å². The van der Waals surface area contributed by atoms with Gasteiger partial charge in [0.1, 0.15) is 23.7 Å². The van der Waals surface area contributed by atoms with E-state index in [0.717, 1.165) is 17.5 Å². The molecular weight excluding hydrogens is 362 g/mol. The second-order valence-electron chi connectivity index (χ2n) is 6.21. The van der Waals surface area contributed by atoms with Gasteiger partial charge in [-0.05, 0) is 32.9 Å². The third kappa shape index (κ3) is 3.55. The fraction of sp³-hybridized carbons (Fsp3) is 0.333. The van der Waals surface area contributed by atoms with E-state index in [1.807, 2.05) is 6.92 Å². The van der Waals surface area contributed by atoms with Crippen LogP contribution in [0.4, 0.5) is 8.78 Å². The van der Waals surface area contributed by atoms with Gasteiger partial charge in [0.2, 0.25) is 5.92 Å². The Kier molecular flexibility index (Phi) is 4.70. The number of nitrogens with two attached hydrogens (primary N) is 1. The summed E-state index contributed by atoms with van der Waals surface area (Å²) < 4.78 is 39.0. The van der Waals surface area contributed by atoms with Gasteiger partial charge < -0.3 is 14.9 Å². The minimum Gasteiger partial charge on any atom is -0.488 e. The zero-order valence-corrected chi connectivity index (χ0v) is 15.4. The third-order valence-corrected chi connectivity index (χ3v) is 4.94. The molecule has 0 spiro atoms. The van der Waals surface area contributed by atoms with E-state index in [0.29, 0.717) is 11.3 Å². The molecular formula is C18H18F2N2O3S. The van der Waals surface area contributed by atoms with E-state index < -0.39 is 18.3 Å². The smallest absolute Gasteiger partial charge is 0.252 e. The zero-order chi connectivity index (χ0) is 19.1. The molecule has 0 unspecified atom stereocenters. The van der Waals surface area contributed by atoms with Gasteiger partial charge in [-0.25, -0.2) is 13.8 Å². The average Bonchev–Trinajstić information content (AvgIpc) is 3.07. The van der Waals surface area contributed by atoms with Crippen LogP contribution >= 0.6 is 11.3 Å². The molecule has 0 radical (unpaired) electrons. The Labute approximate surface area is 152 Å². The monoisotopic (exact) mass is 380 g/mol. The van der Waals surface area contributed by atoms with Gasteiger partial charge in [0.25, 0.3) is 5.91 Å². The predicted octanol–water partition coefficient (Wildman–Crippen LogP) is 4.38. The first kappa shape index (κ1) is 18.3. The van der Waals surface area contributed by atoms with Crippen LogP contribution in [0.25, 0.3) is 11.0 Å². The molecule has 0 fully saturated rings. The Balaban J connectivity index is 2.12.